The molecule has 25 heavy (non-hydrogen) atoms. The summed E-state index contributed by atoms with van der Waals surface area (Å²) in [5.41, 5.74) is 4.61. The average molecular weight is 332 g/mol. The highest BCUT2D eigenvalue weighted by molar-refractivity contribution is 6.05. The Morgan fingerprint density at radius 2 is 1.96 bits per heavy atom. The van der Waals surface area contributed by atoms with Gasteiger partial charge in [-0.05, 0) is 18.2 Å². The monoisotopic (exact) mass is 332 g/mol. The van der Waals surface area contributed by atoms with Crippen LogP contribution in [0.3, 0.4) is 0 Å². The summed E-state index contributed by atoms with van der Waals surface area (Å²) in [4.78, 5) is 17.6. The van der Waals surface area contributed by atoms with Crippen LogP contribution in [0, 0.1) is 0 Å². The van der Waals surface area contributed by atoms with Crippen LogP contribution in [0.2, 0.25) is 0 Å². The zero-order chi connectivity index (χ0) is 17.1. The minimum absolute atomic E-state index is 0.365. The van der Waals surface area contributed by atoms with E-state index in [2.05, 4.69) is 19.9 Å². The Kier molecular flexibility index (Phi) is 4.08. The first-order valence-corrected chi connectivity index (χ1v) is 7.90. The fourth-order valence-corrected chi connectivity index (χ4v) is 2.59. The van der Waals surface area contributed by atoms with Crippen molar-refractivity contribution in [2.45, 2.75) is 13.0 Å². The third-order valence-corrected chi connectivity index (χ3v) is 3.93. The molecule has 0 unspecified atom stereocenters. The van der Waals surface area contributed by atoms with E-state index in [9.17, 15) is 0 Å². The van der Waals surface area contributed by atoms with E-state index in [1.54, 1.807) is 25.7 Å². The fourth-order valence-electron chi connectivity index (χ4n) is 2.59. The average Bonchev–Trinajstić information content (AvgIpc) is 3.11. The second kappa shape index (κ2) is 6.68. The molecule has 124 valence electrons. The number of pyridine rings is 3. The largest absolute Gasteiger partial charge is 0.495 e. The van der Waals surface area contributed by atoms with Gasteiger partial charge < -0.3 is 9.47 Å². The van der Waals surface area contributed by atoms with Crippen LogP contribution in [0.4, 0.5) is 5.69 Å². The van der Waals surface area contributed by atoms with Crippen LogP contribution in [-0.2, 0) is 13.0 Å². The van der Waals surface area contributed by atoms with Gasteiger partial charge in [0.1, 0.15) is 18.1 Å². The van der Waals surface area contributed by atoms with Crippen LogP contribution >= 0.6 is 0 Å². The van der Waals surface area contributed by atoms with Crippen molar-refractivity contribution in [2.75, 3.05) is 7.11 Å². The van der Waals surface area contributed by atoms with Crippen molar-refractivity contribution < 1.29 is 9.47 Å². The van der Waals surface area contributed by atoms with Gasteiger partial charge in [0.2, 0.25) is 0 Å². The summed E-state index contributed by atoms with van der Waals surface area (Å²) in [6, 6.07) is 9.56. The summed E-state index contributed by atoms with van der Waals surface area (Å²) in [6.45, 7) is 0.365. The van der Waals surface area contributed by atoms with Crippen molar-refractivity contribution in [3.05, 3.63) is 72.1 Å². The van der Waals surface area contributed by atoms with Gasteiger partial charge in [0.25, 0.3) is 0 Å². The minimum atomic E-state index is 0.365. The molecule has 0 fully saturated rings. The summed E-state index contributed by atoms with van der Waals surface area (Å²) in [7, 11) is 1.61. The molecule has 0 aromatic carbocycles. The number of hydrogen-bond acceptors (Lipinski definition) is 6. The zero-order valence-electron chi connectivity index (χ0n) is 13.7. The molecule has 1 aliphatic heterocycles. The topological polar surface area (TPSA) is 69.5 Å². The van der Waals surface area contributed by atoms with E-state index in [4.69, 9.17) is 9.47 Å². The predicted octanol–water partition coefficient (Wildman–Crippen LogP) is 3.14. The quantitative estimate of drug-likeness (QED) is 0.718. The molecule has 0 bridgehead atoms. The maximum absolute atomic E-state index is 5.78. The Balaban J connectivity index is 1.47. The lowest BCUT2D eigenvalue weighted by Crippen LogP contribution is -2.01. The summed E-state index contributed by atoms with van der Waals surface area (Å²) in [6.07, 6.45) is 7.68. The Morgan fingerprint density at radius 3 is 2.72 bits per heavy atom. The zero-order valence-corrected chi connectivity index (χ0v) is 13.7. The van der Waals surface area contributed by atoms with Gasteiger partial charge >= 0.3 is 0 Å². The van der Waals surface area contributed by atoms with Crippen LogP contribution in [0.25, 0.3) is 0 Å². The highest BCUT2D eigenvalue weighted by atomic mass is 16.5. The first-order valence-electron chi connectivity index (χ1n) is 7.90. The van der Waals surface area contributed by atoms with E-state index in [0.717, 1.165) is 34.1 Å². The van der Waals surface area contributed by atoms with Gasteiger partial charge in [0, 0.05) is 30.4 Å². The Morgan fingerprint density at radius 1 is 1.04 bits per heavy atom. The third kappa shape index (κ3) is 3.33. The number of aliphatic imine (C=N–C) groups is 1. The van der Waals surface area contributed by atoms with Gasteiger partial charge in [-0.25, -0.2) is 0 Å². The molecule has 0 saturated heterocycles. The Labute approximate surface area is 145 Å². The first-order chi connectivity index (χ1) is 12.3. The Hall–Kier alpha value is -3.28. The van der Waals surface area contributed by atoms with Gasteiger partial charge in [-0.3, -0.25) is 19.9 Å². The van der Waals surface area contributed by atoms with E-state index in [-0.39, 0.29) is 0 Å². The number of methoxy groups -OCH3 is 1. The molecular weight excluding hydrogens is 316 g/mol. The SMILES string of the molecule is COc1ccc(COc2cnc3c(c2)N=C(c2cccnc2)C3)nc1. The van der Waals surface area contributed by atoms with E-state index in [1.807, 2.05) is 36.5 Å². The van der Waals surface area contributed by atoms with Gasteiger partial charge in [-0.2, -0.15) is 0 Å². The standard InChI is InChI=1S/C19H16N4O2/c1-24-15-5-4-14(21-10-15)12-25-16-7-19-18(22-11-16)8-17(23-19)13-3-2-6-20-9-13/h2-7,9-11H,8,12H2,1H3. The smallest absolute Gasteiger partial charge is 0.140 e. The minimum Gasteiger partial charge on any atom is -0.495 e. The number of fused-ring (bicyclic) bond motifs is 1. The number of nitrogens with zero attached hydrogens (tertiary/aromatic N) is 4. The maximum atomic E-state index is 5.78. The first kappa shape index (κ1) is 15.3. The van der Waals surface area contributed by atoms with Gasteiger partial charge in [-0.15, -0.1) is 0 Å². The number of aromatic nitrogens is 3. The number of rotatable bonds is 5. The molecule has 0 aliphatic carbocycles. The van der Waals surface area contributed by atoms with Crippen molar-refractivity contribution in [3.63, 3.8) is 0 Å². The van der Waals surface area contributed by atoms with Gasteiger partial charge in [0.15, 0.2) is 0 Å². The van der Waals surface area contributed by atoms with Crippen molar-refractivity contribution in [1.29, 1.82) is 0 Å². The van der Waals surface area contributed by atoms with E-state index >= 15 is 0 Å². The van der Waals surface area contributed by atoms with E-state index in [1.165, 1.54) is 0 Å². The highest BCUT2D eigenvalue weighted by Crippen LogP contribution is 2.30. The van der Waals surface area contributed by atoms with Crippen LogP contribution in [0.15, 0.2) is 60.1 Å². The molecule has 4 heterocycles. The Bertz CT molecular complexity index is 908. The molecule has 0 N–H and O–H groups in total. The molecule has 0 saturated carbocycles. The van der Waals surface area contributed by atoms with Crippen molar-refractivity contribution >= 4 is 11.4 Å². The maximum Gasteiger partial charge on any atom is 0.140 e. The lowest BCUT2D eigenvalue weighted by molar-refractivity contribution is 0.299. The van der Waals surface area contributed by atoms with Crippen LogP contribution < -0.4 is 9.47 Å². The lowest BCUT2D eigenvalue weighted by Gasteiger charge is -2.07. The highest BCUT2D eigenvalue weighted by Gasteiger charge is 2.18. The molecule has 0 amide bonds. The lowest BCUT2D eigenvalue weighted by atomic mass is 10.1. The fraction of sp³-hybridized carbons (Fsp3) is 0.158. The second-order valence-electron chi connectivity index (χ2n) is 5.59. The molecular formula is C19H16N4O2. The molecule has 3 aromatic rings. The van der Waals surface area contributed by atoms with Crippen LogP contribution in [0.1, 0.15) is 17.0 Å². The van der Waals surface area contributed by atoms with Crippen molar-refractivity contribution in [1.82, 2.24) is 15.0 Å². The van der Waals surface area contributed by atoms with Crippen molar-refractivity contribution in [2.24, 2.45) is 4.99 Å². The summed E-state index contributed by atoms with van der Waals surface area (Å²) in [5.74, 6) is 1.40. The number of ether oxygens (including phenoxy) is 2. The summed E-state index contributed by atoms with van der Waals surface area (Å²) in [5, 5.41) is 0. The molecule has 1 aliphatic rings. The molecule has 3 aromatic heterocycles. The third-order valence-electron chi connectivity index (χ3n) is 3.93. The predicted molar refractivity (Wildman–Crippen MR) is 93.5 cm³/mol. The molecule has 6 heteroatoms. The van der Waals surface area contributed by atoms with Gasteiger partial charge in [-0.1, -0.05) is 6.07 Å². The summed E-state index contributed by atoms with van der Waals surface area (Å²) >= 11 is 0. The van der Waals surface area contributed by atoms with Gasteiger partial charge in [0.05, 0.1) is 42.3 Å². The van der Waals surface area contributed by atoms with Crippen LogP contribution in [-0.4, -0.2) is 27.8 Å². The molecule has 0 spiro atoms. The summed E-state index contributed by atoms with van der Waals surface area (Å²) < 4.78 is 10.9. The molecule has 0 radical (unpaired) electrons. The normalized spacial score (nSPS) is 12.4. The molecule has 0 atom stereocenters. The molecule has 6 nitrogen and oxygen atoms in total. The number of hydrogen-bond donors (Lipinski definition) is 0. The second-order valence-corrected chi connectivity index (χ2v) is 5.59. The van der Waals surface area contributed by atoms with Crippen molar-refractivity contribution in [3.8, 4) is 11.5 Å². The van der Waals surface area contributed by atoms with Crippen LogP contribution in [0.5, 0.6) is 11.5 Å². The van der Waals surface area contributed by atoms with E-state index < -0.39 is 0 Å². The van der Waals surface area contributed by atoms with E-state index in [0.29, 0.717) is 18.8 Å². The molecule has 4 rings (SSSR count).